The highest BCUT2D eigenvalue weighted by molar-refractivity contribution is 9.11. The Kier molecular flexibility index (Phi) is 5.65. The fourth-order valence-electron chi connectivity index (χ4n) is 1.91. The highest BCUT2D eigenvalue weighted by Gasteiger charge is 2.13. The molecule has 0 fully saturated rings. The minimum atomic E-state index is -0.166. The smallest absolute Gasteiger partial charge is 0.142 e. The molecule has 0 radical (unpaired) electrons. The molecule has 0 bridgehead atoms. The Morgan fingerprint density at radius 1 is 1.19 bits per heavy atom. The Labute approximate surface area is 148 Å². The molecule has 0 unspecified atom stereocenters. The van der Waals surface area contributed by atoms with Gasteiger partial charge in [0, 0.05) is 37.3 Å². The highest BCUT2D eigenvalue weighted by atomic mass is 79.9. The van der Waals surface area contributed by atoms with Crippen molar-refractivity contribution in [3.8, 4) is 5.75 Å². The lowest BCUT2D eigenvalue weighted by molar-refractivity contribution is 0.279. The number of hydrogen-bond acceptors (Lipinski definition) is 4. The number of aliphatic hydroxyl groups excluding tert-OH is 1. The molecule has 1 aromatic carbocycles. The molecule has 0 spiro atoms. The molecule has 2 aromatic rings. The van der Waals surface area contributed by atoms with Crippen LogP contribution in [0.2, 0.25) is 0 Å². The Morgan fingerprint density at radius 2 is 1.81 bits per heavy atom. The van der Waals surface area contributed by atoms with Crippen molar-refractivity contribution in [2.75, 3.05) is 5.32 Å². The SMILES string of the molecule is Cc1ncc(CO)c(CNc2c(Br)cc(Br)cc2Br)c1O. The van der Waals surface area contributed by atoms with Gasteiger partial charge in [-0.15, -0.1) is 0 Å². The van der Waals surface area contributed by atoms with Gasteiger partial charge in [0.25, 0.3) is 0 Å². The van der Waals surface area contributed by atoms with Crippen molar-refractivity contribution in [2.45, 2.75) is 20.1 Å². The molecule has 2 rings (SSSR count). The van der Waals surface area contributed by atoms with Gasteiger partial charge in [0.05, 0.1) is 18.0 Å². The first-order valence-electron chi connectivity index (χ1n) is 6.09. The van der Waals surface area contributed by atoms with E-state index in [0.29, 0.717) is 23.4 Å². The third-order valence-corrected chi connectivity index (χ3v) is 4.76. The molecule has 3 N–H and O–H groups in total. The van der Waals surface area contributed by atoms with Gasteiger partial charge in [-0.2, -0.15) is 0 Å². The van der Waals surface area contributed by atoms with E-state index in [1.807, 2.05) is 12.1 Å². The van der Waals surface area contributed by atoms with Crippen molar-refractivity contribution in [2.24, 2.45) is 0 Å². The number of aliphatic hydroxyl groups is 1. The van der Waals surface area contributed by atoms with Crippen LogP contribution in [0.25, 0.3) is 0 Å². The van der Waals surface area contributed by atoms with Gasteiger partial charge < -0.3 is 15.5 Å². The summed E-state index contributed by atoms with van der Waals surface area (Å²) in [6.07, 6.45) is 1.58. The second kappa shape index (κ2) is 7.09. The average molecular weight is 481 g/mol. The van der Waals surface area contributed by atoms with E-state index in [0.717, 1.165) is 19.1 Å². The third kappa shape index (κ3) is 3.77. The second-order valence-corrected chi connectivity index (χ2v) is 7.08. The topological polar surface area (TPSA) is 65.4 Å². The standard InChI is InChI=1S/C14H13Br3N2O2/c1-7-14(21)10(8(6-20)4-18-7)5-19-13-11(16)2-9(15)3-12(13)17/h2-4,19-21H,5-6H2,1H3. The number of rotatable bonds is 4. The zero-order chi connectivity index (χ0) is 15.6. The molecule has 0 aliphatic heterocycles. The Balaban J connectivity index is 2.31. The van der Waals surface area contributed by atoms with E-state index < -0.39 is 0 Å². The van der Waals surface area contributed by atoms with Crippen molar-refractivity contribution in [3.63, 3.8) is 0 Å². The van der Waals surface area contributed by atoms with Crippen LogP contribution in [0.5, 0.6) is 5.75 Å². The van der Waals surface area contributed by atoms with E-state index in [1.165, 1.54) is 0 Å². The Bertz CT molecular complexity index is 655. The van der Waals surface area contributed by atoms with Crippen LogP contribution in [0.3, 0.4) is 0 Å². The molecule has 0 saturated carbocycles. The number of aromatic nitrogens is 1. The maximum Gasteiger partial charge on any atom is 0.142 e. The molecule has 21 heavy (non-hydrogen) atoms. The molecule has 1 heterocycles. The van der Waals surface area contributed by atoms with Crippen LogP contribution in [0, 0.1) is 6.92 Å². The highest BCUT2D eigenvalue weighted by Crippen LogP contribution is 2.35. The summed E-state index contributed by atoms with van der Waals surface area (Å²) in [7, 11) is 0. The number of hydrogen-bond donors (Lipinski definition) is 3. The summed E-state index contributed by atoms with van der Waals surface area (Å²) in [5, 5.41) is 22.8. The summed E-state index contributed by atoms with van der Waals surface area (Å²) >= 11 is 10.4. The van der Waals surface area contributed by atoms with Crippen molar-refractivity contribution in [1.29, 1.82) is 0 Å². The number of pyridine rings is 1. The number of nitrogens with zero attached hydrogens (tertiary/aromatic N) is 1. The molecule has 0 aliphatic carbocycles. The third-order valence-electron chi connectivity index (χ3n) is 3.05. The first-order valence-corrected chi connectivity index (χ1v) is 8.47. The maximum absolute atomic E-state index is 10.1. The first kappa shape index (κ1) is 16.7. The number of benzene rings is 1. The summed E-state index contributed by atoms with van der Waals surface area (Å²) in [4.78, 5) is 4.05. The quantitative estimate of drug-likeness (QED) is 0.603. The van der Waals surface area contributed by atoms with Crippen LogP contribution in [0.15, 0.2) is 31.7 Å². The minimum Gasteiger partial charge on any atom is -0.506 e. The van der Waals surface area contributed by atoms with Crippen molar-refractivity contribution in [3.05, 3.63) is 48.6 Å². The van der Waals surface area contributed by atoms with Crippen LogP contribution in [-0.4, -0.2) is 15.2 Å². The lowest BCUT2D eigenvalue weighted by Crippen LogP contribution is -2.06. The van der Waals surface area contributed by atoms with Gasteiger partial charge >= 0.3 is 0 Å². The van der Waals surface area contributed by atoms with Crippen molar-refractivity contribution in [1.82, 2.24) is 4.98 Å². The van der Waals surface area contributed by atoms with Gasteiger partial charge in [-0.3, -0.25) is 4.98 Å². The number of aromatic hydroxyl groups is 1. The Hall–Kier alpha value is -0.630. The largest absolute Gasteiger partial charge is 0.506 e. The van der Waals surface area contributed by atoms with Crippen LogP contribution in [-0.2, 0) is 13.2 Å². The lowest BCUT2D eigenvalue weighted by Gasteiger charge is -2.15. The van der Waals surface area contributed by atoms with Crippen molar-refractivity contribution < 1.29 is 10.2 Å². The lowest BCUT2D eigenvalue weighted by atomic mass is 10.1. The second-order valence-electron chi connectivity index (χ2n) is 4.45. The molecule has 112 valence electrons. The fourth-order valence-corrected chi connectivity index (χ4v) is 4.44. The number of aryl methyl sites for hydroxylation is 1. The van der Waals surface area contributed by atoms with Crippen LogP contribution >= 0.6 is 47.8 Å². The Morgan fingerprint density at radius 3 is 2.38 bits per heavy atom. The first-order chi connectivity index (χ1) is 9.93. The van der Waals surface area contributed by atoms with E-state index in [4.69, 9.17) is 0 Å². The monoisotopic (exact) mass is 478 g/mol. The van der Waals surface area contributed by atoms with Gasteiger partial charge in [-0.1, -0.05) is 15.9 Å². The van der Waals surface area contributed by atoms with Gasteiger partial charge in [0.1, 0.15) is 5.75 Å². The molecule has 7 heteroatoms. The van der Waals surface area contributed by atoms with Gasteiger partial charge in [-0.25, -0.2) is 0 Å². The summed E-state index contributed by atoms with van der Waals surface area (Å²) in [6, 6.07) is 3.86. The molecule has 1 aromatic heterocycles. The number of halogens is 3. The molecular formula is C14H13Br3N2O2. The summed E-state index contributed by atoms with van der Waals surface area (Å²) in [6.45, 7) is 1.94. The zero-order valence-corrected chi connectivity index (χ0v) is 15.9. The van der Waals surface area contributed by atoms with E-state index in [-0.39, 0.29) is 12.4 Å². The maximum atomic E-state index is 10.1. The predicted molar refractivity (Wildman–Crippen MR) is 93.4 cm³/mol. The summed E-state index contributed by atoms with van der Waals surface area (Å²) in [5.41, 5.74) is 2.66. The van der Waals surface area contributed by atoms with Crippen LogP contribution in [0.1, 0.15) is 16.8 Å². The molecule has 4 nitrogen and oxygen atoms in total. The summed E-state index contributed by atoms with van der Waals surface area (Å²) < 4.78 is 2.73. The van der Waals surface area contributed by atoms with Gasteiger partial charge in [-0.05, 0) is 50.9 Å². The van der Waals surface area contributed by atoms with Gasteiger partial charge in [0.2, 0.25) is 0 Å². The van der Waals surface area contributed by atoms with E-state index >= 15 is 0 Å². The van der Waals surface area contributed by atoms with E-state index in [2.05, 4.69) is 58.1 Å². The minimum absolute atomic E-state index is 0.110. The average Bonchev–Trinajstić information content (AvgIpc) is 2.42. The molecular weight excluding hydrogens is 468 g/mol. The normalized spacial score (nSPS) is 10.7. The fraction of sp³-hybridized carbons (Fsp3) is 0.214. The molecule has 0 amide bonds. The molecule has 0 aliphatic rings. The summed E-state index contributed by atoms with van der Waals surface area (Å²) in [5.74, 6) is 0.110. The van der Waals surface area contributed by atoms with Gasteiger partial charge in [0.15, 0.2) is 0 Å². The van der Waals surface area contributed by atoms with E-state index in [1.54, 1.807) is 13.1 Å². The van der Waals surface area contributed by atoms with E-state index in [9.17, 15) is 10.2 Å². The number of nitrogens with one attached hydrogen (secondary N) is 1. The van der Waals surface area contributed by atoms with Crippen LogP contribution < -0.4 is 5.32 Å². The number of anilines is 1. The van der Waals surface area contributed by atoms with Crippen molar-refractivity contribution >= 4 is 53.5 Å². The molecule has 0 atom stereocenters. The zero-order valence-electron chi connectivity index (χ0n) is 11.1. The molecule has 0 saturated heterocycles. The predicted octanol–water partition coefficient (Wildman–Crippen LogP) is 4.49. The van der Waals surface area contributed by atoms with Crippen LogP contribution in [0.4, 0.5) is 5.69 Å².